The number of fused-ring (bicyclic) bond motifs is 1. The maximum absolute atomic E-state index is 13.5. The van der Waals surface area contributed by atoms with Crippen molar-refractivity contribution < 1.29 is 18.6 Å². The van der Waals surface area contributed by atoms with Crippen LogP contribution in [-0.4, -0.2) is 44.2 Å². The molecule has 0 saturated heterocycles. The molecular formula is C23H25FN2O3S. The highest BCUT2D eigenvalue weighted by atomic mass is 32.1. The Morgan fingerprint density at radius 1 is 1.07 bits per heavy atom. The van der Waals surface area contributed by atoms with E-state index < -0.39 is 0 Å². The minimum Gasteiger partial charge on any atom is -0.489 e. The molecule has 0 N–H and O–H groups in total. The van der Waals surface area contributed by atoms with Crippen LogP contribution in [0.4, 0.5) is 10.1 Å². The summed E-state index contributed by atoms with van der Waals surface area (Å²) in [6.45, 7) is 6.57. The summed E-state index contributed by atoms with van der Waals surface area (Å²) in [5, 5.41) is 0.809. The van der Waals surface area contributed by atoms with Gasteiger partial charge >= 0.3 is 0 Å². The van der Waals surface area contributed by atoms with Crippen molar-refractivity contribution in [2.24, 2.45) is 4.99 Å². The van der Waals surface area contributed by atoms with Crippen molar-refractivity contribution in [1.82, 2.24) is 4.98 Å². The minimum atomic E-state index is -0.262. The highest BCUT2D eigenvalue weighted by Gasteiger charge is 2.11. The van der Waals surface area contributed by atoms with Gasteiger partial charge in [-0.25, -0.2) is 9.37 Å². The number of hydrogen-bond donors (Lipinski definition) is 0. The molecule has 0 spiro atoms. The van der Waals surface area contributed by atoms with Crippen LogP contribution in [0.5, 0.6) is 5.75 Å². The molecule has 1 heterocycles. The number of allylic oxidation sites excluding steroid dienone is 2. The first-order valence-corrected chi connectivity index (χ1v) is 10.7. The van der Waals surface area contributed by atoms with Crippen molar-refractivity contribution >= 4 is 33.5 Å². The zero-order valence-corrected chi connectivity index (χ0v) is 18.0. The number of aliphatic imine (C=N–C) groups is 1. The predicted molar refractivity (Wildman–Crippen MR) is 121 cm³/mol. The summed E-state index contributed by atoms with van der Waals surface area (Å²) >= 11 is 1.45. The Labute approximate surface area is 179 Å². The molecule has 0 bridgehead atoms. The molecular weight excluding hydrogens is 403 g/mol. The molecule has 0 aliphatic heterocycles. The zero-order chi connectivity index (χ0) is 21.2. The third-order valence-electron chi connectivity index (χ3n) is 4.11. The number of benzene rings is 2. The van der Waals surface area contributed by atoms with Crippen molar-refractivity contribution in [3.8, 4) is 16.3 Å². The molecule has 3 aromatic rings. The predicted octanol–water partition coefficient (Wildman–Crippen LogP) is 5.81. The normalized spacial score (nSPS) is 11.8. The van der Waals surface area contributed by atoms with Crippen molar-refractivity contribution in [1.29, 1.82) is 0 Å². The van der Waals surface area contributed by atoms with Gasteiger partial charge in [0.05, 0.1) is 30.0 Å². The van der Waals surface area contributed by atoms with Crippen LogP contribution in [0.2, 0.25) is 0 Å². The van der Waals surface area contributed by atoms with E-state index in [0.717, 1.165) is 20.8 Å². The smallest absolute Gasteiger partial charge is 0.145 e. The molecule has 0 radical (unpaired) electrons. The second-order valence-corrected chi connectivity index (χ2v) is 7.31. The molecule has 30 heavy (non-hydrogen) atoms. The third kappa shape index (κ3) is 6.19. The average molecular weight is 429 g/mol. The molecule has 0 fully saturated rings. The van der Waals surface area contributed by atoms with E-state index in [1.807, 2.05) is 44.2 Å². The Morgan fingerprint density at radius 2 is 1.90 bits per heavy atom. The van der Waals surface area contributed by atoms with Gasteiger partial charge in [0.15, 0.2) is 0 Å². The number of rotatable bonds is 11. The molecule has 0 aliphatic rings. The molecule has 2 aromatic carbocycles. The molecule has 0 unspecified atom stereocenters. The number of aromatic nitrogens is 1. The summed E-state index contributed by atoms with van der Waals surface area (Å²) < 4.78 is 30.9. The van der Waals surface area contributed by atoms with Crippen LogP contribution in [0.15, 0.2) is 53.5 Å². The van der Waals surface area contributed by atoms with Crippen LogP contribution >= 0.6 is 11.3 Å². The van der Waals surface area contributed by atoms with E-state index in [-0.39, 0.29) is 5.82 Å². The fourth-order valence-electron chi connectivity index (χ4n) is 2.68. The zero-order valence-electron chi connectivity index (χ0n) is 17.1. The Balaban J connectivity index is 1.74. The summed E-state index contributed by atoms with van der Waals surface area (Å²) in [5.74, 6) is 0.404. The first kappa shape index (κ1) is 22.1. The van der Waals surface area contributed by atoms with Crippen LogP contribution < -0.4 is 4.74 Å². The molecule has 0 aliphatic carbocycles. The van der Waals surface area contributed by atoms with E-state index in [2.05, 4.69) is 9.98 Å². The van der Waals surface area contributed by atoms with Gasteiger partial charge in [-0.1, -0.05) is 6.08 Å². The summed E-state index contributed by atoms with van der Waals surface area (Å²) in [6.07, 6.45) is 5.48. The largest absolute Gasteiger partial charge is 0.489 e. The monoisotopic (exact) mass is 428 g/mol. The Kier molecular flexibility index (Phi) is 8.50. The topological polar surface area (TPSA) is 52.9 Å². The second-order valence-electron chi connectivity index (χ2n) is 6.28. The SMILES string of the molecule is C/C=C/C=Nc1cc(-c2nc3ccc(F)cc3s2)ccc1OCCOCCOCC. The lowest BCUT2D eigenvalue weighted by atomic mass is 10.2. The van der Waals surface area contributed by atoms with E-state index in [1.165, 1.54) is 23.5 Å². The van der Waals surface area contributed by atoms with E-state index in [0.29, 0.717) is 44.5 Å². The molecule has 5 nitrogen and oxygen atoms in total. The van der Waals surface area contributed by atoms with Crippen LogP contribution in [0.1, 0.15) is 13.8 Å². The van der Waals surface area contributed by atoms with Gasteiger partial charge in [0, 0.05) is 18.4 Å². The lowest BCUT2D eigenvalue weighted by Gasteiger charge is -2.10. The van der Waals surface area contributed by atoms with E-state index >= 15 is 0 Å². The minimum absolute atomic E-state index is 0.262. The first-order valence-electron chi connectivity index (χ1n) is 9.85. The van der Waals surface area contributed by atoms with E-state index in [4.69, 9.17) is 14.2 Å². The fourth-order valence-corrected chi connectivity index (χ4v) is 3.67. The van der Waals surface area contributed by atoms with Crippen LogP contribution in [-0.2, 0) is 9.47 Å². The van der Waals surface area contributed by atoms with Gasteiger partial charge < -0.3 is 14.2 Å². The van der Waals surface area contributed by atoms with Crippen molar-refractivity contribution in [3.05, 3.63) is 54.4 Å². The van der Waals surface area contributed by atoms with E-state index in [9.17, 15) is 4.39 Å². The van der Waals surface area contributed by atoms with Gasteiger partial charge in [0.2, 0.25) is 0 Å². The third-order valence-corrected chi connectivity index (χ3v) is 5.18. The second kappa shape index (κ2) is 11.5. The molecule has 158 valence electrons. The lowest BCUT2D eigenvalue weighted by molar-refractivity contribution is 0.0405. The maximum atomic E-state index is 13.5. The van der Waals surface area contributed by atoms with Gasteiger partial charge in [-0.15, -0.1) is 11.3 Å². The van der Waals surface area contributed by atoms with Crippen LogP contribution in [0.25, 0.3) is 20.8 Å². The van der Waals surface area contributed by atoms with Crippen LogP contribution in [0, 0.1) is 5.82 Å². The maximum Gasteiger partial charge on any atom is 0.145 e. The van der Waals surface area contributed by atoms with Gasteiger partial charge in [0.25, 0.3) is 0 Å². The van der Waals surface area contributed by atoms with Crippen LogP contribution in [0.3, 0.4) is 0 Å². The molecule has 0 saturated carbocycles. The quantitative estimate of drug-likeness (QED) is 0.286. The summed E-state index contributed by atoms with van der Waals surface area (Å²) in [6, 6.07) is 10.4. The van der Waals surface area contributed by atoms with Gasteiger partial charge in [-0.2, -0.15) is 0 Å². The summed E-state index contributed by atoms with van der Waals surface area (Å²) in [5.41, 5.74) is 2.38. The summed E-state index contributed by atoms with van der Waals surface area (Å²) in [7, 11) is 0. The average Bonchev–Trinajstić information content (AvgIpc) is 3.17. The highest BCUT2D eigenvalue weighted by Crippen LogP contribution is 2.36. The van der Waals surface area contributed by atoms with Crippen molar-refractivity contribution in [2.75, 3.05) is 33.0 Å². The fraction of sp³-hybridized carbons (Fsp3) is 0.304. The lowest BCUT2D eigenvalue weighted by Crippen LogP contribution is -2.10. The van der Waals surface area contributed by atoms with E-state index in [1.54, 1.807) is 12.3 Å². The molecule has 3 rings (SSSR count). The van der Waals surface area contributed by atoms with Gasteiger partial charge in [0.1, 0.15) is 28.9 Å². The Bertz CT molecular complexity index is 1020. The van der Waals surface area contributed by atoms with Gasteiger partial charge in [-0.3, -0.25) is 4.99 Å². The standard InChI is InChI=1S/C23H25FN2O3S/c1-3-5-10-25-20-15-17(23-26-19-8-7-18(24)16-22(19)30-23)6-9-21(20)29-14-13-28-12-11-27-4-2/h3,5-10,15-16H,4,11-14H2,1-2H3/b5-3+,25-10?. The van der Waals surface area contributed by atoms with Gasteiger partial charge in [-0.05, 0) is 56.3 Å². The molecule has 0 atom stereocenters. The van der Waals surface area contributed by atoms with Crippen molar-refractivity contribution in [3.63, 3.8) is 0 Å². The molecule has 1 aromatic heterocycles. The van der Waals surface area contributed by atoms with Crippen molar-refractivity contribution in [2.45, 2.75) is 13.8 Å². The number of nitrogens with zero attached hydrogens (tertiary/aromatic N) is 2. The number of ether oxygens (including phenoxy) is 3. The molecule has 7 heteroatoms. The number of halogens is 1. The summed E-state index contributed by atoms with van der Waals surface area (Å²) in [4.78, 5) is 9.12. The Morgan fingerprint density at radius 3 is 2.73 bits per heavy atom. The number of hydrogen-bond acceptors (Lipinski definition) is 6. The number of thiazole rings is 1. The molecule has 0 amide bonds. The highest BCUT2D eigenvalue weighted by molar-refractivity contribution is 7.21. The Hall–Kier alpha value is -2.61. The first-order chi connectivity index (χ1) is 14.7.